The van der Waals surface area contributed by atoms with Crippen molar-refractivity contribution in [3.8, 4) is 5.75 Å². The highest BCUT2D eigenvalue weighted by molar-refractivity contribution is 7.85. The number of esters is 1. The van der Waals surface area contributed by atoms with E-state index in [1.54, 1.807) is 12.1 Å². The molecule has 1 heterocycles. The predicted molar refractivity (Wildman–Crippen MR) is 142 cm³/mol. The van der Waals surface area contributed by atoms with Crippen LogP contribution in [-0.2, 0) is 31.5 Å². The minimum atomic E-state index is -4.02. The first-order valence-corrected chi connectivity index (χ1v) is 14.6. The fourth-order valence-corrected chi connectivity index (χ4v) is 6.55. The molecule has 0 radical (unpaired) electrons. The van der Waals surface area contributed by atoms with E-state index >= 15 is 0 Å². The molecule has 1 saturated carbocycles. The number of ether oxygens (including phenoxy) is 2. The first kappa shape index (κ1) is 27.6. The molecule has 37 heavy (non-hydrogen) atoms. The Bertz CT molecular complexity index is 1210. The van der Waals surface area contributed by atoms with Gasteiger partial charge in [-0.05, 0) is 101 Å². The SMILES string of the molecule is CC(C)(C)C(=O)OCOc1ccc2c(c1)[C@]13CCCC[C@@H]1[C@@H](C2)NCC3.Cc1ccc(S(=O)(=O)O)cc1. The summed E-state index contributed by atoms with van der Waals surface area (Å²) < 4.78 is 40.6. The maximum atomic E-state index is 11.9. The number of aryl methyl sites for hydroxylation is 1. The number of fused-ring (bicyclic) bond motifs is 1. The highest BCUT2D eigenvalue weighted by Gasteiger charge is 2.51. The molecule has 3 atom stereocenters. The normalized spacial score (nSPS) is 24.6. The number of benzene rings is 2. The zero-order chi connectivity index (χ0) is 26.8. The maximum Gasteiger partial charge on any atom is 0.314 e. The van der Waals surface area contributed by atoms with Crippen LogP contribution < -0.4 is 10.1 Å². The van der Waals surface area contributed by atoms with E-state index < -0.39 is 15.5 Å². The molecule has 2 aromatic rings. The summed E-state index contributed by atoms with van der Waals surface area (Å²) in [4.78, 5) is 11.8. The Morgan fingerprint density at radius 2 is 1.84 bits per heavy atom. The van der Waals surface area contributed by atoms with Gasteiger partial charge in [-0.1, -0.05) is 36.6 Å². The van der Waals surface area contributed by atoms with Crippen LogP contribution in [-0.4, -0.2) is 38.3 Å². The quantitative estimate of drug-likeness (QED) is 0.319. The average Bonchev–Trinajstić information content (AvgIpc) is 2.84. The minimum Gasteiger partial charge on any atom is -0.457 e. The van der Waals surface area contributed by atoms with Crippen molar-refractivity contribution in [2.45, 2.75) is 82.6 Å². The van der Waals surface area contributed by atoms with E-state index in [9.17, 15) is 13.2 Å². The van der Waals surface area contributed by atoms with Crippen molar-refractivity contribution in [2.75, 3.05) is 13.3 Å². The van der Waals surface area contributed by atoms with E-state index in [1.807, 2.05) is 33.8 Å². The number of rotatable bonds is 4. The molecular formula is C29H39NO6S. The molecule has 1 saturated heterocycles. The molecule has 7 nitrogen and oxygen atoms in total. The van der Waals surface area contributed by atoms with Gasteiger partial charge >= 0.3 is 5.97 Å². The van der Waals surface area contributed by atoms with Gasteiger partial charge in [-0.15, -0.1) is 0 Å². The van der Waals surface area contributed by atoms with Crippen LogP contribution >= 0.6 is 0 Å². The summed E-state index contributed by atoms with van der Waals surface area (Å²) in [5.74, 6) is 1.34. The summed E-state index contributed by atoms with van der Waals surface area (Å²) in [6.45, 7) is 8.50. The van der Waals surface area contributed by atoms with Crippen LogP contribution in [0.15, 0.2) is 47.4 Å². The molecule has 2 N–H and O–H groups in total. The smallest absolute Gasteiger partial charge is 0.314 e. The molecule has 3 aliphatic rings. The molecule has 2 fully saturated rings. The summed E-state index contributed by atoms with van der Waals surface area (Å²) in [6, 6.07) is 13.1. The van der Waals surface area contributed by atoms with Crippen LogP contribution in [0.4, 0.5) is 0 Å². The fraction of sp³-hybridized carbons (Fsp3) is 0.552. The average molecular weight is 530 g/mol. The lowest BCUT2D eigenvalue weighted by Crippen LogP contribution is -2.59. The molecule has 0 unspecified atom stereocenters. The van der Waals surface area contributed by atoms with E-state index in [2.05, 4.69) is 17.4 Å². The zero-order valence-corrected chi connectivity index (χ0v) is 23.1. The summed E-state index contributed by atoms with van der Waals surface area (Å²) in [5.41, 5.74) is 3.75. The van der Waals surface area contributed by atoms with E-state index in [-0.39, 0.29) is 17.7 Å². The Labute approximate surface area is 220 Å². The molecule has 0 amide bonds. The number of carbonyl (C=O) groups excluding carboxylic acids is 1. The molecule has 2 bridgehead atoms. The minimum absolute atomic E-state index is 0.0184. The molecule has 0 spiro atoms. The van der Waals surface area contributed by atoms with E-state index in [4.69, 9.17) is 14.0 Å². The lowest BCUT2D eigenvalue weighted by atomic mass is 9.53. The summed E-state index contributed by atoms with van der Waals surface area (Å²) in [6.07, 6.45) is 7.68. The van der Waals surface area contributed by atoms with Crippen molar-refractivity contribution in [1.29, 1.82) is 0 Å². The van der Waals surface area contributed by atoms with Crippen LogP contribution in [0.2, 0.25) is 0 Å². The van der Waals surface area contributed by atoms with Gasteiger partial charge in [-0.25, -0.2) is 0 Å². The fourth-order valence-electron chi connectivity index (χ4n) is 6.07. The Kier molecular flexibility index (Phi) is 8.02. The molecule has 2 aliphatic carbocycles. The van der Waals surface area contributed by atoms with Gasteiger partial charge in [0.1, 0.15) is 5.75 Å². The van der Waals surface area contributed by atoms with Gasteiger partial charge in [0.15, 0.2) is 0 Å². The summed E-state index contributed by atoms with van der Waals surface area (Å²) >= 11 is 0. The maximum absolute atomic E-state index is 11.9. The first-order chi connectivity index (χ1) is 17.4. The topological polar surface area (TPSA) is 102 Å². The Morgan fingerprint density at radius 3 is 2.51 bits per heavy atom. The van der Waals surface area contributed by atoms with Crippen molar-refractivity contribution in [3.63, 3.8) is 0 Å². The lowest BCUT2D eigenvalue weighted by molar-refractivity contribution is -0.159. The molecule has 2 aromatic carbocycles. The predicted octanol–water partition coefficient (Wildman–Crippen LogP) is 5.20. The van der Waals surface area contributed by atoms with Crippen molar-refractivity contribution in [2.24, 2.45) is 11.3 Å². The highest BCUT2D eigenvalue weighted by atomic mass is 32.2. The third kappa shape index (κ3) is 6.19. The lowest BCUT2D eigenvalue weighted by Gasteiger charge is -2.56. The van der Waals surface area contributed by atoms with Crippen LogP contribution in [0.25, 0.3) is 0 Å². The van der Waals surface area contributed by atoms with E-state index in [0.29, 0.717) is 11.5 Å². The second kappa shape index (κ2) is 10.8. The van der Waals surface area contributed by atoms with Gasteiger partial charge in [0.25, 0.3) is 10.1 Å². The second-order valence-corrected chi connectivity index (χ2v) is 13.0. The molecule has 5 rings (SSSR count). The number of hydrogen-bond acceptors (Lipinski definition) is 6. The Balaban J connectivity index is 0.000000245. The van der Waals surface area contributed by atoms with Crippen LogP contribution in [0, 0.1) is 18.3 Å². The van der Waals surface area contributed by atoms with Crippen LogP contribution in [0.5, 0.6) is 5.75 Å². The molecule has 202 valence electrons. The van der Waals surface area contributed by atoms with Gasteiger partial charge in [-0.2, -0.15) is 8.42 Å². The Morgan fingerprint density at radius 1 is 1.11 bits per heavy atom. The van der Waals surface area contributed by atoms with Crippen LogP contribution in [0.1, 0.15) is 69.6 Å². The summed E-state index contributed by atoms with van der Waals surface area (Å²) in [5, 5.41) is 3.77. The van der Waals surface area contributed by atoms with Gasteiger partial charge in [0.05, 0.1) is 10.3 Å². The van der Waals surface area contributed by atoms with Gasteiger partial charge in [0, 0.05) is 11.5 Å². The number of carbonyl (C=O) groups is 1. The Hall–Kier alpha value is -2.42. The van der Waals surface area contributed by atoms with Crippen molar-refractivity contribution >= 4 is 16.1 Å². The zero-order valence-electron chi connectivity index (χ0n) is 22.2. The molecule has 0 aromatic heterocycles. The van der Waals surface area contributed by atoms with E-state index in [1.165, 1.54) is 55.4 Å². The van der Waals surface area contributed by atoms with Crippen molar-refractivity contribution in [3.05, 3.63) is 59.2 Å². The van der Waals surface area contributed by atoms with Gasteiger partial charge < -0.3 is 14.8 Å². The highest BCUT2D eigenvalue weighted by Crippen LogP contribution is 2.54. The number of hydrogen-bond donors (Lipinski definition) is 2. The van der Waals surface area contributed by atoms with Crippen molar-refractivity contribution < 1.29 is 27.2 Å². The first-order valence-electron chi connectivity index (χ1n) is 13.1. The van der Waals surface area contributed by atoms with Crippen LogP contribution in [0.3, 0.4) is 0 Å². The van der Waals surface area contributed by atoms with Crippen molar-refractivity contribution in [1.82, 2.24) is 5.32 Å². The monoisotopic (exact) mass is 529 g/mol. The number of piperidine rings is 1. The third-order valence-corrected chi connectivity index (χ3v) is 8.83. The number of nitrogens with one attached hydrogen (secondary N) is 1. The molecule has 8 heteroatoms. The summed E-state index contributed by atoms with van der Waals surface area (Å²) in [7, 11) is -4.02. The standard InChI is InChI=1S/C22H31NO3.C7H8O3S/c1-21(2,3)20(24)26-14-25-16-8-7-15-12-19-17-6-4-5-9-22(17,10-11-23-19)18(15)13-16;1-6-2-4-7(5-3-6)11(8,9)10/h7-8,13,17,19,23H,4-6,9-12,14H2,1-3H3;2-5H,1H3,(H,8,9,10)/t17-,19-,22+;/m1./s1. The van der Waals surface area contributed by atoms with E-state index in [0.717, 1.165) is 30.2 Å². The van der Waals surface area contributed by atoms with Gasteiger partial charge in [-0.3, -0.25) is 9.35 Å². The molecular weight excluding hydrogens is 490 g/mol. The molecule has 1 aliphatic heterocycles. The largest absolute Gasteiger partial charge is 0.457 e. The van der Waals surface area contributed by atoms with Gasteiger partial charge in [0.2, 0.25) is 6.79 Å². The third-order valence-electron chi connectivity index (χ3n) is 7.97. The second-order valence-electron chi connectivity index (χ2n) is 11.6.